The molecule has 0 aromatic carbocycles. The number of alkyl halides is 5. The quantitative estimate of drug-likeness (QED) is 0.735. The summed E-state index contributed by atoms with van der Waals surface area (Å²) in [5.74, 6) is -8.02. The van der Waals surface area contributed by atoms with Gasteiger partial charge in [-0.3, -0.25) is 4.79 Å². The minimum atomic E-state index is -5.31. The molecule has 2 N–H and O–H groups in total. The highest BCUT2D eigenvalue weighted by atomic mass is 19.4. The molecule has 9 heteroatoms. The maximum Gasteiger partial charge on any atom is 0.471 e. The molecule has 0 saturated carbocycles. The van der Waals surface area contributed by atoms with Gasteiger partial charge in [0.15, 0.2) is 0 Å². The third-order valence-electron chi connectivity index (χ3n) is 1.42. The van der Waals surface area contributed by atoms with E-state index in [4.69, 9.17) is 5.11 Å². The number of carbonyl (C=O) groups is 2. The molecule has 0 aromatic heterocycles. The molecule has 0 bridgehead atoms. The van der Waals surface area contributed by atoms with Crippen LogP contribution in [-0.4, -0.2) is 35.1 Å². The first-order valence-corrected chi connectivity index (χ1v) is 3.92. The average Bonchev–Trinajstić information content (AvgIpc) is 1.98. The van der Waals surface area contributed by atoms with Gasteiger partial charge in [0.25, 0.3) is 0 Å². The molecule has 16 heavy (non-hydrogen) atoms. The molecule has 0 heterocycles. The predicted molar refractivity (Wildman–Crippen MR) is 40.9 cm³/mol. The van der Waals surface area contributed by atoms with E-state index in [1.54, 1.807) is 0 Å². The summed E-state index contributed by atoms with van der Waals surface area (Å²) in [7, 11) is 0. The monoisotopic (exact) mass is 249 g/mol. The molecule has 1 unspecified atom stereocenters. The van der Waals surface area contributed by atoms with Gasteiger partial charge in [-0.05, 0) is 6.92 Å². The first kappa shape index (κ1) is 14.6. The number of carbonyl (C=O) groups excluding carboxylic acids is 1. The van der Waals surface area contributed by atoms with Crippen molar-refractivity contribution in [2.45, 2.75) is 31.5 Å². The number of hydrogen-bond donors (Lipinski definition) is 2. The molecule has 0 radical (unpaired) electrons. The first-order valence-electron chi connectivity index (χ1n) is 3.92. The maximum absolute atomic E-state index is 12.4. The van der Waals surface area contributed by atoms with Crippen LogP contribution in [0.3, 0.4) is 0 Å². The zero-order valence-corrected chi connectivity index (χ0v) is 7.94. The highest BCUT2D eigenvalue weighted by Gasteiger charge is 2.42. The van der Waals surface area contributed by atoms with Crippen molar-refractivity contribution >= 4 is 11.9 Å². The second-order valence-electron chi connectivity index (χ2n) is 3.14. The summed E-state index contributed by atoms with van der Waals surface area (Å²) < 4.78 is 59.9. The highest BCUT2D eigenvalue weighted by molar-refractivity contribution is 5.86. The van der Waals surface area contributed by atoms with E-state index in [2.05, 4.69) is 0 Å². The van der Waals surface area contributed by atoms with Crippen molar-refractivity contribution in [3.05, 3.63) is 0 Å². The molecule has 0 aliphatic carbocycles. The number of hydrogen-bond acceptors (Lipinski definition) is 2. The Morgan fingerprint density at radius 2 is 1.69 bits per heavy atom. The van der Waals surface area contributed by atoms with Crippen molar-refractivity contribution in [3.8, 4) is 0 Å². The first-order chi connectivity index (χ1) is 6.93. The summed E-state index contributed by atoms with van der Waals surface area (Å²) in [6, 6.07) is -2.28. The number of rotatable bonds is 4. The van der Waals surface area contributed by atoms with E-state index in [0.717, 1.165) is 5.32 Å². The molecule has 0 aliphatic heterocycles. The number of nitrogens with one attached hydrogen (secondary N) is 1. The van der Waals surface area contributed by atoms with Crippen molar-refractivity contribution in [2.75, 3.05) is 0 Å². The zero-order chi connectivity index (χ0) is 13.1. The maximum atomic E-state index is 12.4. The zero-order valence-electron chi connectivity index (χ0n) is 7.94. The molecule has 4 nitrogen and oxygen atoms in total. The summed E-state index contributed by atoms with van der Waals surface area (Å²) in [6.07, 6.45) is -6.72. The van der Waals surface area contributed by atoms with Gasteiger partial charge in [-0.1, -0.05) is 0 Å². The number of carboxylic acids is 1. The fourth-order valence-electron chi connectivity index (χ4n) is 0.799. The highest BCUT2D eigenvalue weighted by Crippen LogP contribution is 2.20. The van der Waals surface area contributed by atoms with Gasteiger partial charge in [-0.25, -0.2) is 13.6 Å². The molecule has 94 valence electrons. The van der Waals surface area contributed by atoms with Crippen LogP contribution >= 0.6 is 0 Å². The van der Waals surface area contributed by atoms with Gasteiger partial charge in [0.05, 0.1) is 0 Å². The molecule has 0 aromatic rings. The summed E-state index contributed by atoms with van der Waals surface area (Å²) in [5.41, 5.74) is 0. The third kappa shape index (κ3) is 5.47. The molecule has 0 fully saturated rings. The van der Waals surface area contributed by atoms with Crippen LogP contribution in [0.15, 0.2) is 0 Å². The largest absolute Gasteiger partial charge is 0.480 e. The van der Waals surface area contributed by atoms with Crippen molar-refractivity contribution < 1.29 is 36.6 Å². The topological polar surface area (TPSA) is 66.4 Å². The number of amides is 1. The molecule has 0 saturated heterocycles. The lowest BCUT2D eigenvalue weighted by molar-refractivity contribution is -0.176. The summed E-state index contributed by atoms with van der Waals surface area (Å²) >= 11 is 0. The van der Waals surface area contributed by atoms with Crippen LogP contribution in [0, 0.1) is 0 Å². The van der Waals surface area contributed by atoms with E-state index in [0.29, 0.717) is 6.92 Å². The standard InChI is InChI=1S/C7H8F5NO3/c1-6(8,9)2-3(4(14)15)13-5(16)7(10,11)12/h3H,2H2,1H3,(H,13,16)(H,14,15). The molecule has 0 spiro atoms. The van der Waals surface area contributed by atoms with Crippen molar-refractivity contribution in [1.29, 1.82) is 0 Å². The van der Waals surface area contributed by atoms with Crippen LogP contribution in [-0.2, 0) is 9.59 Å². The molecule has 1 amide bonds. The van der Waals surface area contributed by atoms with Gasteiger partial charge in [0, 0.05) is 6.42 Å². The van der Waals surface area contributed by atoms with E-state index in [-0.39, 0.29) is 0 Å². The molecular weight excluding hydrogens is 241 g/mol. The average molecular weight is 249 g/mol. The molecule has 0 aliphatic rings. The lowest BCUT2D eigenvalue weighted by Crippen LogP contribution is -2.48. The van der Waals surface area contributed by atoms with Gasteiger partial charge in [0.1, 0.15) is 6.04 Å². The SMILES string of the molecule is CC(F)(F)CC(NC(=O)C(F)(F)F)C(=O)O. The Morgan fingerprint density at radius 3 is 1.94 bits per heavy atom. The number of aliphatic carboxylic acids is 1. The van der Waals surface area contributed by atoms with E-state index < -0.39 is 36.4 Å². The predicted octanol–water partition coefficient (Wildman–Crippen LogP) is 1.16. The van der Waals surface area contributed by atoms with Crippen LogP contribution < -0.4 is 5.32 Å². The van der Waals surface area contributed by atoms with Gasteiger partial charge in [0.2, 0.25) is 5.92 Å². The van der Waals surface area contributed by atoms with Gasteiger partial charge < -0.3 is 10.4 Å². The van der Waals surface area contributed by atoms with Crippen molar-refractivity contribution in [3.63, 3.8) is 0 Å². The van der Waals surface area contributed by atoms with E-state index in [1.807, 2.05) is 0 Å². The summed E-state index contributed by atoms with van der Waals surface area (Å²) in [6.45, 7) is 0.336. The lowest BCUT2D eigenvalue weighted by atomic mass is 10.1. The van der Waals surface area contributed by atoms with Gasteiger partial charge in [-0.15, -0.1) is 0 Å². The van der Waals surface area contributed by atoms with Crippen molar-refractivity contribution in [1.82, 2.24) is 5.32 Å². The Morgan fingerprint density at radius 1 is 1.25 bits per heavy atom. The molecule has 0 rings (SSSR count). The minimum Gasteiger partial charge on any atom is -0.480 e. The normalized spacial score (nSPS) is 14.4. The van der Waals surface area contributed by atoms with Crippen LogP contribution in [0.2, 0.25) is 0 Å². The molecular formula is C7H8F5NO3. The van der Waals surface area contributed by atoms with E-state index in [1.165, 1.54) is 0 Å². The van der Waals surface area contributed by atoms with Gasteiger partial charge in [-0.2, -0.15) is 13.2 Å². The van der Waals surface area contributed by atoms with Crippen LogP contribution in [0.4, 0.5) is 22.0 Å². The van der Waals surface area contributed by atoms with Crippen LogP contribution in [0.25, 0.3) is 0 Å². The fraction of sp³-hybridized carbons (Fsp3) is 0.714. The summed E-state index contributed by atoms with van der Waals surface area (Å²) in [4.78, 5) is 20.6. The number of halogens is 5. The minimum absolute atomic E-state index is 0.336. The van der Waals surface area contributed by atoms with Crippen LogP contribution in [0.1, 0.15) is 13.3 Å². The second-order valence-corrected chi connectivity index (χ2v) is 3.14. The smallest absolute Gasteiger partial charge is 0.471 e. The Hall–Kier alpha value is -1.41. The lowest BCUT2D eigenvalue weighted by Gasteiger charge is -2.18. The Balaban J connectivity index is 4.60. The number of carboxylic acid groups (broad SMARTS) is 1. The van der Waals surface area contributed by atoms with E-state index >= 15 is 0 Å². The fourth-order valence-corrected chi connectivity index (χ4v) is 0.799. The Bertz CT molecular complexity index is 283. The summed E-state index contributed by atoms with van der Waals surface area (Å²) in [5, 5.41) is 9.31. The third-order valence-corrected chi connectivity index (χ3v) is 1.42. The van der Waals surface area contributed by atoms with E-state index in [9.17, 15) is 31.5 Å². The van der Waals surface area contributed by atoms with Crippen molar-refractivity contribution in [2.24, 2.45) is 0 Å². The second kappa shape index (κ2) is 4.62. The van der Waals surface area contributed by atoms with Crippen LogP contribution in [0.5, 0.6) is 0 Å². The molecule has 1 atom stereocenters. The Kier molecular flexibility index (Phi) is 4.21. The Labute approximate surface area is 86.4 Å². The van der Waals surface area contributed by atoms with Gasteiger partial charge >= 0.3 is 18.1 Å².